The van der Waals surface area contributed by atoms with Crippen LogP contribution in [0.3, 0.4) is 0 Å². The summed E-state index contributed by atoms with van der Waals surface area (Å²) in [5.74, 6) is 0.885. The van der Waals surface area contributed by atoms with Gasteiger partial charge in [0.2, 0.25) is 0 Å². The molecule has 0 aliphatic rings. The molecule has 0 saturated carbocycles. The number of nitrogens with one attached hydrogen (secondary N) is 1. The van der Waals surface area contributed by atoms with Gasteiger partial charge in [0.1, 0.15) is 5.75 Å². The van der Waals surface area contributed by atoms with Gasteiger partial charge >= 0.3 is 0 Å². The summed E-state index contributed by atoms with van der Waals surface area (Å²) in [6.07, 6.45) is 1.83. The number of hydrogen-bond donors (Lipinski definition) is 1. The Kier molecular flexibility index (Phi) is 6.09. The highest BCUT2D eigenvalue weighted by Crippen LogP contribution is 2.24. The van der Waals surface area contributed by atoms with Gasteiger partial charge in [-0.25, -0.2) is 0 Å². The van der Waals surface area contributed by atoms with Crippen LogP contribution in [0.2, 0.25) is 5.02 Å². The minimum Gasteiger partial charge on any atom is -0.496 e. The zero-order valence-electron chi connectivity index (χ0n) is 12.2. The van der Waals surface area contributed by atoms with Crippen LogP contribution in [0.25, 0.3) is 0 Å². The third-order valence-corrected chi connectivity index (χ3v) is 4.28. The molecule has 1 unspecified atom stereocenters. The van der Waals surface area contributed by atoms with Crippen LogP contribution in [-0.4, -0.2) is 20.2 Å². The first-order chi connectivity index (χ1) is 10.1. The minimum absolute atomic E-state index is 0.332. The summed E-state index contributed by atoms with van der Waals surface area (Å²) in [5, 5.41) is 4.11. The summed E-state index contributed by atoms with van der Waals surface area (Å²) >= 11 is 9.56. The lowest BCUT2D eigenvalue weighted by molar-refractivity contribution is 0.406. The standard InChI is InChI=1S/C17H19BrClNO/c1-20-16(9-12-3-5-14(18)6-4-12)11-13-10-15(19)7-8-17(13)21-2/h3-8,10,16,20H,9,11H2,1-2H3. The molecule has 0 aliphatic heterocycles. The molecule has 0 spiro atoms. The van der Waals surface area contributed by atoms with E-state index in [-0.39, 0.29) is 0 Å². The van der Waals surface area contributed by atoms with E-state index in [1.165, 1.54) is 5.56 Å². The molecule has 0 saturated heterocycles. The third kappa shape index (κ3) is 4.73. The minimum atomic E-state index is 0.332. The topological polar surface area (TPSA) is 21.3 Å². The van der Waals surface area contributed by atoms with Crippen molar-refractivity contribution in [3.63, 3.8) is 0 Å². The van der Waals surface area contributed by atoms with Crippen molar-refractivity contribution in [1.29, 1.82) is 0 Å². The zero-order chi connectivity index (χ0) is 15.2. The molecule has 0 amide bonds. The fraction of sp³-hybridized carbons (Fsp3) is 0.294. The Labute approximate surface area is 139 Å². The molecule has 0 aliphatic carbocycles. The zero-order valence-corrected chi connectivity index (χ0v) is 14.5. The Hall–Kier alpha value is -1.03. The van der Waals surface area contributed by atoms with Crippen LogP contribution in [0.1, 0.15) is 11.1 Å². The number of rotatable bonds is 6. The average molecular weight is 369 g/mol. The highest BCUT2D eigenvalue weighted by molar-refractivity contribution is 9.10. The van der Waals surface area contributed by atoms with Gasteiger partial charge in [-0.05, 0) is 61.3 Å². The van der Waals surface area contributed by atoms with Crippen LogP contribution in [-0.2, 0) is 12.8 Å². The number of hydrogen-bond acceptors (Lipinski definition) is 2. The van der Waals surface area contributed by atoms with Crippen molar-refractivity contribution in [3.8, 4) is 5.75 Å². The van der Waals surface area contributed by atoms with Crippen molar-refractivity contribution in [2.75, 3.05) is 14.2 Å². The van der Waals surface area contributed by atoms with Gasteiger partial charge in [-0.2, -0.15) is 0 Å². The predicted molar refractivity (Wildman–Crippen MR) is 92.4 cm³/mol. The lowest BCUT2D eigenvalue weighted by atomic mass is 9.98. The molecule has 112 valence electrons. The summed E-state index contributed by atoms with van der Waals surface area (Å²) < 4.78 is 6.52. The first-order valence-electron chi connectivity index (χ1n) is 6.86. The molecule has 2 rings (SSSR count). The number of ether oxygens (including phenoxy) is 1. The van der Waals surface area contributed by atoms with Crippen molar-refractivity contribution in [2.24, 2.45) is 0 Å². The number of methoxy groups -OCH3 is 1. The maximum atomic E-state index is 6.10. The van der Waals surface area contributed by atoms with E-state index in [1.54, 1.807) is 7.11 Å². The smallest absolute Gasteiger partial charge is 0.122 e. The van der Waals surface area contributed by atoms with Gasteiger partial charge in [0, 0.05) is 15.5 Å². The molecular weight excluding hydrogens is 350 g/mol. The normalized spacial score (nSPS) is 12.2. The Morgan fingerprint density at radius 3 is 2.48 bits per heavy atom. The summed E-state index contributed by atoms with van der Waals surface area (Å²) in [6.45, 7) is 0. The van der Waals surface area contributed by atoms with Gasteiger partial charge in [0.25, 0.3) is 0 Å². The molecule has 1 N–H and O–H groups in total. The van der Waals surface area contributed by atoms with Crippen molar-refractivity contribution >= 4 is 27.5 Å². The molecule has 2 nitrogen and oxygen atoms in total. The van der Waals surface area contributed by atoms with Crippen LogP contribution in [0.5, 0.6) is 5.75 Å². The maximum Gasteiger partial charge on any atom is 0.122 e. The van der Waals surface area contributed by atoms with E-state index in [2.05, 4.69) is 45.5 Å². The second-order valence-corrected chi connectivity index (χ2v) is 6.33. The van der Waals surface area contributed by atoms with Gasteiger partial charge in [-0.1, -0.05) is 39.7 Å². The highest BCUT2D eigenvalue weighted by atomic mass is 79.9. The number of benzene rings is 2. The summed E-state index contributed by atoms with van der Waals surface area (Å²) in [5.41, 5.74) is 2.43. The number of halogens is 2. The molecule has 2 aromatic rings. The molecule has 21 heavy (non-hydrogen) atoms. The van der Waals surface area contributed by atoms with Crippen molar-refractivity contribution in [1.82, 2.24) is 5.32 Å². The van der Waals surface area contributed by atoms with Gasteiger partial charge in [-0.15, -0.1) is 0 Å². The largest absolute Gasteiger partial charge is 0.496 e. The lowest BCUT2D eigenvalue weighted by Crippen LogP contribution is -2.30. The van der Waals surface area contributed by atoms with Gasteiger partial charge < -0.3 is 10.1 Å². The first kappa shape index (κ1) is 16.3. The van der Waals surface area contributed by atoms with Crippen LogP contribution in [0.15, 0.2) is 46.9 Å². The fourth-order valence-corrected chi connectivity index (χ4v) is 2.81. The van der Waals surface area contributed by atoms with Crippen LogP contribution in [0.4, 0.5) is 0 Å². The molecule has 0 bridgehead atoms. The van der Waals surface area contributed by atoms with Gasteiger partial charge in [0.15, 0.2) is 0 Å². The summed E-state index contributed by atoms with van der Waals surface area (Å²) in [4.78, 5) is 0. The van der Waals surface area contributed by atoms with E-state index in [9.17, 15) is 0 Å². The van der Waals surface area contributed by atoms with Gasteiger partial charge in [-0.3, -0.25) is 0 Å². The van der Waals surface area contributed by atoms with Crippen LogP contribution >= 0.6 is 27.5 Å². The molecule has 0 aromatic heterocycles. The van der Waals surface area contributed by atoms with Crippen molar-refractivity contribution in [3.05, 3.63) is 63.1 Å². The lowest BCUT2D eigenvalue weighted by Gasteiger charge is -2.18. The quantitative estimate of drug-likeness (QED) is 0.811. The van der Waals surface area contributed by atoms with Crippen LogP contribution < -0.4 is 10.1 Å². The molecular formula is C17H19BrClNO. The molecule has 4 heteroatoms. The average Bonchev–Trinajstić information content (AvgIpc) is 2.49. The molecule has 0 heterocycles. The fourth-order valence-electron chi connectivity index (χ4n) is 2.35. The van der Waals surface area contributed by atoms with Crippen LogP contribution in [0, 0.1) is 0 Å². The monoisotopic (exact) mass is 367 g/mol. The first-order valence-corrected chi connectivity index (χ1v) is 8.03. The second kappa shape index (κ2) is 7.83. The van der Waals surface area contributed by atoms with Crippen molar-refractivity contribution in [2.45, 2.75) is 18.9 Å². The van der Waals surface area contributed by atoms with E-state index < -0.39 is 0 Å². The van der Waals surface area contributed by atoms with E-state index in [0.717, 1.165) is 33.6 Å². The van der Waals surface area contributed by atoms with Crippen molar-refractivity contribution < 1.29 is 4.74 Å². The second-order valence-electron chi connectivity index (χ2n) is 4.98. The number of likely N-dealkylation sites (N-methyl/N-ethyl adjacent to an activating group) is 1. The van der Waals surface area contributed by atoms with Gasteiger partial charge in [0.05, 0.1) is 7.11 Å². The van der Waals surface area contributed by atoms with E-state index in [4.69, 9.17) is 16.3 Å². The maximum absolute atomic E-state index is 6.10. The third-order valence-electron chi connectivity index (χ3n) is 3.51. The SMILES string of the molecule is CNC(Cc1ccc(Br)cc1)Cc1cc(Cl)ccc1OC. The molecule has 2 aromatic carbocycles. The Morgan fingerprint density at radius 2 is 1.86 bits per heavy atom. The Balaban J connectivity index is 2.11. The van der Waals surface area contributed by atoms with E-state index >= 15 is 0 Å². The summed E-state index contributed by atoms with van der Waals surface area (Å²) in [7, 11) is 3.68. The van der Waals surface area contributed by atoms with E-state index in [1.807, 2.05) is 25.2 Å². The summed E-state index contributed by atoms with van der Waals surface area (Å²) in [6, 6.07) is 14.5. The van der Waals surface area contributed by atoms with E-state index in [0.29, 0.717) is 6.04 Å². The Bertz CT molecular complexity index is 586. The Morgan fingerprint density at radius 1 is 1.14 bits per heavy atom. The molecule has 0 fully saturated rings. The molecule has 1 atom stereocenters. The predicted octanol–water partition coefficient (Wildman–Crippen LogP) is 4.48. The molecule has 0 radical (unpaired) electrons. The highest BCUT2D eigenvalue weighted by Gasteiger charge is 2.12.